The molecule has 0 saturated carbocycles. The highest BCUT2D eigenvalue weighted by atomic mass is 32.1. The molecule has 4 heterocycles. The minimum absolute atomic E-state index is 0.0660. The SMILES string of the molecule is O=C(C1=C(O)C(=O)N(c2ccc(N3CCCCC3)cc2)C1c1ccccn1)c1cccs1. The molecule has 1 aromatic carbocycles. The number of hydrogen-bond donors (Lipinski definition) is 1. The monoisotopic (exact) mass is 445 g/mol. The number of pyridine rings is 1. The molecule has 0 aliphatic carbocycles. The summed E-state index contributed by atoms with van der Waals surface area (Å²) in [5.41, 5.74) is 2.33. The van der Waals surface area contributed by atoms with Crippen LogP contribution in [-0.2, 0) is 4.79 Å². The van der Waals surface area contributed by atoms with Gasteiger partial charge in [-0.15, -0.1) is 11.3 Å². The number of hydrogen-bond acceptors (Lipinski definition) is 6. The number of rotatable bonds is 5. The minimum Gasteiger partial charge on any atom is -0.503 e. The minimum atomic E-state index is -0.792. The summed E-state index contributed by atoms with van der Waals surface area (Å²) < 4.78 is 0. The Bertz CT molecular complexity index is 1150. The number of anilines is 2. The number of carbonyl (C=O) groups excluding carboxylic acids is 2. The van der Waals surface area contributed by atoms with Crippen molar-refractivity contribution in [3.8, 4) is 0 Å². The molecule has 32 heavy (non-hydrogen) atoms. The number of aliphatic hydroxyl groups excluding tert-OH is 1. The third-order valence-electron chi connectivity index (χ3n) is 6.01. The van der Waals surface area contributed by atoms with Crippen LogP contribution in [0.5, 0.6) is 0 Å². The highest BCUT2D eigenvalue weighted by molar-refractivity contribution is 7.12. The van der Waals surface area contributed by atoms with Gasteiger partial charge >= 0.3 is 0 Å². The summed E-state index contributed by atoms with van der Waals surface area (Å²) in [7, 11) is 0. The predicted molar refractivity (Wildman–Crippen MR) is 125 cm³/mol. The summed E-state index contributed by atoms with van der Waals surface area (Å²) in [4.78, 5) is 35.2. The van der Waals surface area contributed by atoms with E-state index in [0.29, 0.717) is 16.3 Å². The molecular formula is C25H23N3O3S. The molecule has 1 saturated heterocycles. The van der Waals surface area contributed by atoms with Gasteiger partial charge in [-0.25, -0.2) is 0 Å². The lowest BCUT2D eigenvalue weighted by Gasteiger charge is -2.30. The van der Waals surface area contributed by atoms with Crippen LogP contribution in [0.3, 0.4) is 0 Å². The predicted octanol–water partition coefficient (Wildman–Crippen LogP) is 4.92. The van der Waals surface area contributed by atoms with Crippen molar-refractivity contribution in [1.82, 2.24) is 4.98 Å². The van der Waals surface area contributed by atoms with E-state index in [1.54, 1.807) is 35.8 Å². The van der Waals surface area contributed by atoms with Gasteiger partial charge in [0.25, 0.3) is 5.91 Å². The Morgan fingerprint density at radius 1 is 0.969 bits per heavy atom. The molecule has 1 fully saturated rings. The zero-order valence-corrected chi connectivity index (χ0v) is 18.3. The maximum absolute atomic E-state index is 13.3. The molecule has 6 nitrogen and oxygen atoms in total. The van der Waals surface area contributed by atoms with Crippen LogP contribution in [0.15, 0.2) is 77.5 Å². The van der Waals surface area contributed by atoms with Crippen molar-refractivity contribution in [2.75, 3.05) is 22.9 Å². The van der Waals surface area contributed by atoms with Gasteiger partial charge in [-0.1, -0.05) is 12.1 Å². The number of Topliss-reactive ketones (excluding diaryl/α,β-unsaturated/α-hetero) is 1. The first-order valence-corrected chi connectivity index (χ1v) is 11.6. The molecule has 1 unspecified atom stereocenters. The first-order valence-electron chi connectivity index (χ1n) is 10.8. The Morgan fingerprint density at radius 3 is 2.38 bits per heavy atom. The van der Waals surface area contributed by atoms with E-state index in [1.807, 2.05) is 30.3 Å². The molecule has 162 valence electrons. The number of ketones is 1. The molecule has 7 heteroatoms. The van der Waals surface area contributed by atoms with Crippen molar-refractivity contribution in [3.63, 3.8) is 0 Å². The molecule has 1 N–H and O–H groups in total. The number of amides is 1. The summed E-state index contributed by atoms with van der Waals surface area (Å²) in [5, 5.41) is 12.6. The zero-order chi connectivity index (χ0) is 22.1. The van der Waals surface area contributed by atoms with Gasteiger partial charge in [0, 0.05) is 30.7 Å². The quantitative estimate of drug-likeness (QED) is 0.565. The van der Waals surface area contributed by atoms with E-state index in [-0.39, 0.29) is 11.4 Å². The largest absolute Gasteiger partial charge is 0.503 e. The van der Waals surface area contributed by atoms with Crippen molar-refractivity contribution in [2.45, 2.75) is 25.3 Å². The van der Waals surface area contributed by atoms with E-state index >= 15 is 0 Å². The van der Waals surface area contributed by atoms with Gasteiger partial charge in [0.05, 0.1) is 16.1 Å². The average Bonchev–Trinajstić information content (AvgIpc) is 3.47. The Balaban J connectivity index is 1.54. The van der Waals surface area contributed by atoms with E-state index in [2.05, 4.69) is 9.88 Å². The Kier molecular flexibility index (Phi) is 5.49. The average molecular weight is 446 g/mol. The van der Waals surface area contributed by atoms with Crippen molar-refractivity contribution < 1.29 is 14.7 Å². The Hall–Kier alpha value is -3.45. The summed E-state index contributed by atoms with van der Waals surface area (Å²) in [5.74, 6) is -1.46. The topological polar surface area (TPSA) is 73.7 Å². The Morgan fingerprint density at radius 2 is 1.72 bits per heavy atom. The lowest BCUT2D eigenvalue weighted by Crippen LogP contribution is -2.32. The molecule has 0 radical (unpaired) electrons. The van der Waals surface area contributed by atoms with Crippen LogP contribution >= 0.6 is 11.3 Å². The molecular weight excluding hydrogens is 422 g/mol. The number of benzene rings is 1. The third kappa shape index (κ3) is 3.58. The van der Waals surface area contributed by atoms with Crippen LogP contribution in [0.4, 0.5) is 11.4 Å². The highest BCUT2D eigenvalue weighted by Crippen LogP contribution is 2.42. The van der Waals surface area contributed by atoms with Gasteiger partial charge in [0.2, 0.25) is 5.78 Å². The number of aliphatic hydroxyl groups is 1. The summed E-state index contributed by atoms with van der Waals surface area (Å²) >= 11 is 1.28. The van der Waals surface area contributed by atoms with Crippen LogP contribution in [0.1, 0.15) is 40.7 Å². The molecule has 1 atom stereocenters. The molecule has 0 bridgehead atoms. The van der Waals surface area contributed by atoms with E-state index in [9.17, 15) is 14.7 Å². The van der Waals surface area contributed by atoms with Crippen molar-refractivity contribution in [3.05, 3.63) is 88.1 Å². The molecule has 0 spiro atoms. The summed E-state index contributed by atoms with van der Waals surface area (Å²) in [6, 6.07) is 15.8. The molecule has 3 aromatic rings. The van der Waals surface area contributed by atoms with E-state index < -0.39 is 17.7 Å². The normalized spacial score (nSPS) is 19.0. The lowest BCUT2D eigenvalue weighted by molar-refractivity contribution is -0.117. The van der Waals surface area contributed by atoms with Gasteiger partial charge in [0.15, 0.2) is 5.76 Å². The van der Waals surface area contributed by atoms with E-state index in [0.717, 1.165) is 18.8 Å². The van der Waals surface area contributed by atoms with Crippen molar-refractivity contribution in [2.24, 2.45) is 0 Å². The van der Waals surface area contributed by atoms with Crippen LogP contribution < -0.4 is 9.80 Å². The first-order chi connectivity index (χ1) is 15.6. The Labute approximate surface area is 190 Å². The highest BCUT2D eigenvalue weighted by Gasteiger charge is 2.45. The number of aromatic nitrogens is 1. The molecule has 1 amide bonds. The summed E-state index contributed by atoms with van der Waals surface area (Å²) in [6.07, 6.45) is 5.24. The lowest BCUT2D eigenvalue weighted by atomic mass is 9.98. The zero-order valence-electron chi connectivity index (χ0n) is 17.5. The number of thiophene rings is 1. The smallest absolute Gasteiger partial charge is 0.294 e. The van der Waals surface area contributed by atoms with E-state index in [1.165, 1.54) is 35.5 Å². The number of carbonyl (C=O) groups is 2. The van der Waals surface area contributed by atoms with E-state index in [4.69, 9.17) is 0 Å². The van der Waals surface area contributed by atoms with Crippen LogP contribution in [0.25, 0.3) is 0 Å². The fourth-order valence-corrected chi connectivity index (χ4v) is 5.12. The maximum Gasteiger partial charge on any atom is 0.294 e. The van der Waals surface area contributed by atoms with Crippen molar-refractivity contribution in [1.29, 1.82) is 0 Å². The number of nitrogens with zero attached hydrogens (tertiary/aromatic N) is 3. The van der Waals surface area contributed by atoms with Gasteiger partial charge in [-0.2, -0.15) is 0 Å². The first kappa shape index (κ1) is 20.5. The second kappa shape index (κ2) is 8.59. The maximum atomic E-state index is 13.3. The standard InChI is InChI=1S/C25H23N3O3S/c29-23(20-8-6-16-32-20)21-22(19-7-2-3-13-26-19)28(25(31)24(21)30)18-11-9-17(10-12-18)27-14-4-1-5-15-27/h2-3,6-13,16,22,30H,1,4-5,14-15H2. The molecule has 2 aliphatic heterocycles. The second-order valence-corrected chi connectivity index (χ2v) is 8.91. The van der Waals surface area contributed by atoms with Gasteiger partial charge in [-0.05, 0) is 67.1 Å². The van der Waals surface area contributed by atoms with Crippen LogP contribution in [0.2, 0.25) is 0 Å². The second-order valence-electron chi connectivity index (χ2n) is 7.97. The molecule has 2 aromatic heterocycles. The van der Waals surface area contributed by atoms with Crippen molar-refractivity contribution >= 4 is 34.4 Å². The van der Waals surface area contributed by atoms with Gasteiger partial charge in [-0.3, -0.25) is 19.5 Å². The summed E-state index contributed by atoms with van der Waals surface area (Å²) in [6.45, 7) is 2.06. The fraction of sp³-hybridized carbons (Fsp3) is 0.240. The van der Waals surface area contributed by atoms with Gasteiger partial charge in [0.1, 0.15) is 6.04 Å². The van der Waals surface area contributed by atoms with Gasteiger partial charge < -0.3 is 10.0 Å². The molecule has 2 aliphatic rings. The number of piperidine rings is 1. The molecule has 5 rings (SSSR count). The fourth-order valence-electron chi connectivity index (χ4n) is 4.44. The van der Waals surface area contributed by atoms with Crippen LogP contribution in [-0.4, -0.2) is 34.9 Å². The third-order valence-corrected chi connectivity index (χ3v) is 6.88. The van der Waals surface area contributed by atoms with Crippen LogP contribution in [0, 0.1) is 0 Å².